The second kappa shape index (κ2) is 2.24. The average molecular weight is 259 g/mol. The summed E-state index contributed by atoms with van der Waals surface area (Å²) in [6.07, 6.45) is 0. The van der Waals surface area contributed by atoms with Gasteiger partial charge in [-0.1, -0.05) is 0 Å². The van der Waals surface area contributed by atoms with Crippen LogP contribution in [0.2, 0.25) is 0 Å². The molecule has 0 unspecified atom stereocenters. The molecule has 2 saturated heterocycles. The van der Waals surface area contributed by atoms with Crippen molar-refractivity contribution in [3.63, 3.8) is 0 Å². The monoisotopic (exact) mass is 258 g/mol. The molecule has 2 bridgehead atoms. The summed E-state index contributed by atoms with van der Waals surface area (Å²) in [7, 11) is 6.94. The predicted molar refractivity (Wildman–Crippen MR) is 42.0 cm³/mol. The first kappa shape index (κ1) is 5.64. The van der Waals surface area contributed by atoms with Gasteiger partial charge in [-0.15, -0.1) is 0 Å². The summed E-state index contributed by atoms with van der Waals surface area (Å²) >= 11 is -0.606. The molecule has 0 aromatic carbocycles. The van der Waals surface area contributed by atoms with Gasteiger partial charge in [0.25, 0.3) is 0 Å². The number of rotatable bonds is 0. The first-order chi connectivity index (χ1) is 3.45. The summed E-state index contributed by atoms with van der Waals surface area (Å²) in [5, 5.41) is 1.10. The van der Waals surface area contributed by atoms with E-state index in [0.29, 0.717) is 0 Å². The summed E-state index contributed by atoms with van der Waals surface area (Å²) in [5.74, 6) is 3.00. The average Bonchev–Trinajstić information content (AvgIpc) is 2.22. The Balaban J connectivity index is 2.12. The molecule has 0 atom stereocenters. The van der Waals surface area contributed by atoms with Gasteiger partial charge < -0.3 is 0 Å². The Hall–Kier alpha value is 1.87. The van der Waals surface area contributed by atoms with Crippen LogP contribution in [0, 0.1) is 0 Å². The Morgan fingerprint density at radius 3 is 2.14 bits per heavy atom. The van der Waals surface area contributed by atoms with Crippen molar-refractivity contribution < 1.29 is 0 Å². The van der Waals surface area contributed by atoms with E-state index in [1.165, 1.54) is 11.5 Å². The molecule has 0 aromatic rings. The van der Waals surface area contributed by atoms with Crippen LogP contribution in [0.1, 0.15) is 0 Å². The molecule has 0 aromatic heterocycles. The minimum atomic E-state index is -0.606. The summed E-state index contributed by atoms with van der Waals surface area (Å²) in [5.41, 5.74) is 0. The molecule has 40 valence electrons. The van der Waals surface area contributed by atoms with E-state index < -0.39 is 16.0 Å². The van der Waals surface area contributed by atoms with Gasteiger partial charge in [-0.05, 0) is 0 Å². The molecule has 2 rings (SSSR count). The van der Waals surface area contributed by atoms with Gasteiger partial charge in [-0.3, -0.25) is 0 Å². The minimum absolute atomic E-state index is 0.606. The summed E-state index contributed by atoms with van der Waals surface area (Å²) in [4.78, 5) is 0. The van der Waals surface area contributed by atoms with Crippen LogP contribution < -0.4 is 0 Å². The molecule has 0 radical (unpaired) electrons. The second-order valence-corrected chi connectivity index (χ2v) is 23.1. The third-order valence-corrected chi connectivity index (χ3v) is 25.9. The van der Waals surface area contributed by atoms with Crippen molar-refractivity contribution >= 4 is 42.6 Å². The molecule has 0 N–H and O–H groups in total. The van der Waals surface area contributed by atoms with Crippen molar-refractivity contribution in [3.05, 3.63) is 0 Å². The van der Waals surface area contributed by atoms with E-state index in [9.17, 15) is 0 Å². The summed E-state index contributed by atoms with van der Waals surface area (Å²) in [6, 6.07) is 0. The molecule has 0 amide bonds. The third-order valence-electron chi connectivity index (χ3n) is 0.967. The van der Waals surface area contributed by atoms with Crippen LogP contribution in [0.5, 0.6) is 0 Å². The van der Waals surface area contributed by atoms with Crippen molar-refractivity contribution in [2.45, 2.75) is 5.25 Å². The van der Waals surface area contributed by atoms with Crippen LogP contribution in [-0.4, -0.2) is 32.8 Å². The van der Waals surface area contributed by atoms with Gasteiger partial charge in [0.05, 0.1) is 0 Å². The number of hydrogen-bond acceptors (Lipinski definition) is 3. The molecule has 2 aliphatic rings. The number of fused-ring (bicyclic) bond motifs is 2. The summed E-state index contributed by atoms with van der Waals surface area (Å²) in [6.45, 7) is 0. The van der Waals surface area contributed by atoms with Crippen LogP contribution >= 0.6 is 26.5 Å². The van der Waals surface area contributed by atoms with Crippen molar-refractivity contribution in [2.24, 2.45) is 0 Å². The van der Waals surface area contributed by atoms with E-state index >= 15 is 0 Å². The van der Waals surface area contributed by atoms with Crippen molar-refractivity contribution in [1.29, 1.82) is 0 Å². The van der Waals surface area contributed by atoms with Crippen molar-refractivity contribution in [1.82, 2.24) is 0 Å². The van der Waals surface area contributed by atoms with E-state index in [2.05, 4.69) is 26.5 Å². The molecule has 2 aliphatic heterocycles. The van der Waals surface area contributed by atoms with Crippen molar-refractivity contribution in [3.8, 4) is 0 Å². The maximum absolute atomic E-state index is 2.34. The standard InChI is InChI=1S/C3H8S3.Sb/c4-1-3(6)2-5;/h3-6H,1-2H2;/q;+3/p-3. The SMILES string of the molecule is C1[S][Sb]2[S]CC1[S]2. The molecule has 2 heterocycles. The van der Waals surface area contributed by atoms with Gasteiger partial charge in [0.2, 0.25) is 0 Å². The molecule has 0 aliphatic carbocycles. The Bertz CT molecular complexity index is 68.2. The zero-order valence-corrected chi connectivity index (χ0v) is 8.67. The molecule has 2 fully saturated rings. The quantitative estimate of drug-likeness (QED) is 0.606. The van der Waals surface area contributed by atoms with Gasteiger partial charge in [0.1, 0.15) is 0 Å². The first-order valence-electron chi connectivity index (χ1n) is 2.18. The molecule has 0 nitrogen and oxygen atoms in total. The fourth-order valence-electron chi connectivity index (χ4n) is 0.617. The second-order valence-electron chi connectivity index (χ2n) is 1.54. The number of hydrogen-bond donors (Lipinski definition) is 0. The predicted octanol–water partition coefficient (Wildman–Crippen LogP) is 1.57. The molecule has 0 spiro atoms. The molecular formula is C3H5S3Sb. The van der Waals surface area contributed by atoms with Crippen molar-refractivity contribution in [2.75, 3.05) is 11.5 Å². The molecular weight excluding hydrogens is 254 g/mol. The molecule has 7 heavy (non-hydrogen) atoms. The molecule has 0 saturated carbocycles. The van der Waals surface area contributed by atoms with E-state index in [-0.39, 0.29) is 0 Å². The van der Waals surface area contributed by atoms with Gasteiger partial charge in [0.15, 0.2) is 0 Å². The van der Waals surface area contributed by atoms with Crippen LogP contribution in [0.4, 0.5) is 0 Å². The first-order valence-corrected chi connectivity index (χ1v) is 14.3. The summed E-state index contributed by atoms with van der Waals surface area (Å²) < 4.78 is 0. The Labute approximate surface area is 58.7 Å². The van der Waals surface area contributed by atoms with E-state index in [4.69, 9.17) is 0 Å². The van der Waals surface area contributed by atoms with Gasteiger partial charge >= 0.3 is 59.3 Å². The Morgan fingerprint density at radius 2 is 2.00 bits per heavy atom. The molecule has 4 heteroatoms. The fraction of sp³-hybridized carbons (Fsp3) is 1.00. The Morgan fingerprint density at radius 1 is 1.29 bits per heavy atom. The van der Waals surface area contributed by atoms with E-state index in [0.717, 1.165) is 5.25 Å². The maximum atomic E-state index is 2.34. The third kappa shape index (κ3) is 1.08. The van der Waals surface area contributed by atoms with Crippen LogP contribution in [-0.2, 0) is 0 Å². The van der Waals surface area contributed by atoms with E-state index in [1.807, 2.05) is 0 Å². The van der Waals surface area contributed by atoms with Crippen LogP contribution in [0.15, 0.2) is 0 Å². The topological polar surface area (TPSA) is 0 Å². The zero-order chi connectivity index (χ0) is 4.69. The van der Waals surface area contributed by atoms with Gasteiger partial charge in [-0.2, -0.15) is 0 Å². The van der Waals surface area contributed by atoms with E-state index in [1.54, 1.807) is 0 Å². The van der Waals surface area contributed by atoms with Crippen LogP contribution in [0.25, 0.3) is 0 Å². The van der Waals surface area contributed by atoms with Gasteiger partial charge in [-0.25, -0.2) is 0 Å². The normalized spacial score (nSPS) is 32.6. The fourth-order valence-corrected chi connectivity index (χ4v) is 30.5. The van der Waals surface area contributed by atoms with Gasteiger partial charge in [0, 0.05) is 0 Å². The zero-order valence-electron chi connectivity index (χ0n) is 3.66. The Kier molecular flexibility index (Phi) is 1.81. The van der Waals surface area contributed by atoms with Crippen LogP contribution in [0.3, 0.4) is 0 Å².